The van der Waals surface area contributed by atoms with Crippen molar-refractivity contribution < 1.29 is 28.5 Å². The fraction of sp³-hybridized carbons (Fsp3) is 0.500. The molecule has 0 aromatic heterocycles. The molecule has 2 amide bonds. The summed E-state index contributed by atoms with van der Waals surface area (Å²) in [6, 6.07) is 2.34. The van der Waals surface area contributed by atoms with Crippen LogP contribution in [-0.2, 0) is 9.53 Å². The molecular weight excluding hydrogens is 364 g/mol. The number of benzene rings is 1. The van der Waals surface area contributed by atoms with Crippen LogP contribution < -0.4 is 24.8 Å². The molecule has 1 unspecified atom stereocenters. The number of hydrogen-bond donors (Lipinski definition) is 2. The molecule has 28 heavy (non-hydrogen) atoms. The zero-order valence-corrected chi connectivity index (χ0v) is 17.2. The predicted octanol–water partition coefficient (Wildman–Crippen LogP) is 3.07. The number of urea groups is 1. The Morgan fingerprint density at radius 2 is 1.75 bits per heavy atom. The van der Waals surface area contributed by atoms with E-state index in [0.29, 0.717) is 47.1 Å². The maximum Gasteiger partial charge on any atom is 0.338 e. The molecule has 0 saturated carbocycles. The van der Waals surface area contributed by atoms with Crippen molar-refractivity contribution in [3.63, 3.8) is 0 Å². The molecule has 1 heterocycles. The number of allylic oxidation sites excluding steroid dienone is 1. The van der Waals surface area contributed by atoms with E-state index in [-0.39, 0.29) is 6.10 Å². The molecule has 0 bridgehead atoms. The Hall–Kier alpha value is -2.90. The average Bonchev–Trinajstić information content (AvgIpc) is 2.66. The molecule has 8 nitrogen and oxygen atoms in total. The summed E-state index contributed by atoms with van der Waals surface area (Å²) in [5.41, 5.74) is 1.49. The second-order valence-electron chi connectivity index (χ2n) is 6.42. The highest BCUT2D eigenvalue weighted by atomic mass is 16.5. The van der Waals surface area contributed by atoms with Crippen LogP contribution in [0.15, 0.2) is 23.4 Å². The first kappa shape index (κ1) is 21.4. The molecule has 1 aromatic rings. The van der Waals surface area contributed by atoms with Crippen LogP contribution in [0.4, 0.5) is 4.79 Å². The molecular formula is C20H28N2O6. The maximum atomic E-state index is 12.8. The number of amides is 2. The van der Waals surface area contributed by atoms with E-state index in [2.05, 4.69) is 10.6 Å². The van der Waals surface area contributed by atoms with Crippen LogP contribution in [-0.4, -0.2) is 38.9 Å². The van der Waals surface area contributed by atoms with Gasteiger partial charge in [-0.2, -0.15) is 0 Å². The van der Waals surface area contributed by atoms with Gasteiger partial charge in [0, 0.05) is 5.70 Å². The Bertz CT molecular complexity index is 747. The fourth-order valence-corrected chi connectivity index (χ4v) is 3.02. The zero-order valence-electron chi connectivity index (χ0n) is 17.2. The normalized spacial score (nSPS) is 16.4. The van der Waals surface area contributed by atoms with Crippen LogP contribution in [0, 0.1) is 0 Å². The van der Waals surface area contributed by atoms with Crippen LogP contribution in [0.25, 0.3) is 0 Å². The number of rotatable bonds is 8. The van der Waals surface area contributed by atoms with Crippen LogP contribution >= 0.6 is 0 Å². The minimum absolute atomic E-state index is 0.291. The van der Waals surface area contributed by atoms with Gasteiger partial charge in [-0.3, -0.25) is 0 Å². The van der Waals surface area contributed by atoms with Gasteiger partial charge >= 0.3 is 12.0 Å². The second-order valence-corrected chi connectivity index (χ2v) is 6.42. The lowest BCUT2D eigenvalue weighted by molar-refractivity contribution is -0.143. The molecule has 0 saturated heterocycles. The van der Waals surface area contributed by atoms with Gasteiger partial charge in [0.05, 0.1) is 38.5 Å². The summed E-state index contributed by atoms with van der Waals surface area (Å²) in [5.74, 6) is 0.857. The van der Waals surface area contributed by atoms with Crippen LogP contribution in [0.3, 0.4) is 0 Å². The highest BCUT2D eigenvalue weighted by Gasteiger charge is 2.34. The zero-order chi connectivity index (χ0) is 20.8. The molecule has 2 N–H and O–H groups in total. The van der Waals surface area contributed by atoms with Crippen LogP contribution in [0.1, 0.15) is 45.7 Å². The molecule has 1 aliphatic heterocycles. The quantitative estimate of drug-likeness (QED) is 0.660. The second kappa shape index (κ2) is 9.34. The summed E-state index contributed by atoms with van der Waals surface area (Å²) in [7, 11) is 3.03. The monoisotopic (exact) mass is 392 g/mol. The van der Waals surface area contributed by atoms with Crippen molar-refractivity contribution in [2.45, 2.75) is 46.3 Å². The summed E-state index contributed by atoms with van der Waals surface area (Å²) in [6.45, 7) is 7.70. The van der Waals surface area contributed by atoms with E-state index in [4.69, 9.17) is 18.9 Å². The van der Waals surface area contributed by atoms with Gasteiger partial charge in [-0.05, 0) is 44.9 Å². The topological polar surface area (TPSA) is 95.1 Å². The van der Waals surface area contributed by atoms with Crippen molar-refractivity contribution in [1.29, 1.82) is 0 Å². The van der Waals surface area contributed by atoms with Crippen molar-refractivity contribution in [2.24, 2.45) is 0 Å². The van der Waals surface area contributed by atoms with Gasteiger partial charge < -0.3 is 29.6 Å². The van der Waals surface area contributed by atoms with Crippen LogP contribution in [0.5, 0.6) is 17.2 Å². The number of methoxy groups -OCH3 is 2. The van der Waals surface area contributed by atoms with E-state index in [1.807, 2.05) is 13.8 Å². The number of nitrogens with one attached hydrogen (secondary N) is 2. The molecule has 0 fully saturated rings. The van der Waals surface area contributed by atoms with Gasteiger partial charge in [-0.15, -0.1) is 0 Å². The Kier molecular flexibility index (Phi) is 7.14. The Morgan fingerprint density at radius 3 is 2.21 bits per heavy atom. The van der Waals surface area contributed by atoms with E-state index >= 15 is 0 Å². The third kappa shape index (κ3) is 4.49. The molecule has 2 rings (SSSR count). The van der Waals surface area contributed by atoms with Gasteiger partial charge in [0.2, 0.25) is 5.75 Å². The van der Waals surface area contributed by atoms with E-state index in [1.165, 1.54) is 14.2 Å². The molecule has 8 heteroatoms. The first-order valence-electron chi connectivity index (χ1n) is 9.26. The average molecular weight is 392 g/mol. The summed E-state index contributed by atoms with van der Waals surface area (Å²) in [4.78, 5) is 25.0. The maximum absolute atomic E-state index is 12.8. The van der Waals surface area contributed by atoms with Gasteiger partial charge in [-0.1, -0.05) is 6.92 Å². The number of carbonyl (C=O) groups is 2. The van der Waals surface area contributed by atoms with Gasteiger partial charge in [-0.25, -0.2) is 9.59 Å². The van der Waals surface area contributed by atoms with Crippen LogP contribution in [0.2, 0.25) is 0 Å². The molecule has 1 aliphatic rings. The third-order valence-corrected chi connectivity index (χ3v) is 4.17. The van der Waals surface area contributed by atoms with Crippen molar-refractivity contribution in [2.75, 3.05) is 20.8 Å². The van der Waals surface area contributed by atoms with Crippen molar-refractivity contribution in [3.05, 3.63) is 29.0 Å². The van der Waals surface area contributed by atoms with Gasteiger partial charge in [0.15, 0.2) is 11.5 Å². The van der Waals surface area contributed by atoms with Crippen molar-refractivity contribution >= 4 is 12.0 Å². The largest absolute Gasteiger partial charge is 0.493 e. The summed E-state index contributed by atoms with van der Waals surface area (Å²) in [5, 5.41) is 5.50. The van der Waals surface area contributed by atoms with E-state index in [0.717, 1.165) is 0 Å². The van der Waals surface area contributed by atoms with Gasteiger partial charge in [0.1, 0.15) is 0 Å². The summed E-state index contributed by atoms with van der Waals surface area (Å²) >= 11 is 0. The SMILES string of the molecule is CCOc1c(OC)cc(C2NC(=O)NC(CC)=C2C(=O)OC(C)C)cc1OC. The first-order chi connectivity index (χ1) is 13.4. The van der Waals surface area contributed by atoms with E-state index < -0.39 is 18.0 Å². The smallest absolute Gasteiger partial charge is 0.338 e. The standard InChI is InChI=1S/C20H28N2O6/c1-7-13-16(19(23)28-11(3)4)17(22-20(24)21-13)12-9-14(25-5)18(27-8-2)15(10-12)26-6/h9-11,17H,7-8H2,1-6H3,(H2,21,22,24). The lowest BCUT2D eigenvalue weighted by Crippen LogP contribution is -2.46. The molecule has 0 aliphatic carbocycles. The van der Waals surface area contributed by atoms with E-state index in [9.17, 15) is 9.59 Å². The minimum Gasteiger partial charge on any atom is -0.493 e. The predicted molar refractivity (Wildman–Crippen MR) is 104 cm³/mol. The van der Waals surface area contributed by atoms with Crippen molar-refractivity contribution in [3.8, 4) is 17.2 Å². The lowest BCUT2D eigenvalue weighted by Gasteiger charge is -2.30. The highest BCUT2D eigenvalue weighted by Crippen LogP contribution is 2.42. The minimum atomic E-state index is -0.714. The number of carbonyl (C=O) groups excluding carboxylic acids is 2. The van der Waals surface area contributed by atoms with Crippen molar-refractivity contribution in [1.82, 2.24) is 10.6 Å². The highest BCUT2D eigenvalue weighted by molar-refractivity contribution is 5.95. The Balaban J connectivity index is 2.61. The number of esters is 1. The molecule has 0 spiro atoms. The third-order valence-electron chi connectivity index (χ3n) is 4.17. The Labute approximate surface area is 165 Å². The van der Waals surface area contributed by atoms with E-state index in [1.54, 1.807) is 26.0 Å². The molecule has 0 radical (unpaired) electrons. The fourth-order valence-electron chi connectivity index (χ4n) is 3.02. The lowest BCUT2D eigenvalue weighted by atomic mass is 9.93. The summed E-state index contributed by atoms with van der Waals surface area (Å²) < 4.78 is 21.9. The molecule has 1 aromatic carbocycles. The number of ether oxygens (including phenoxy) is 4. The van der Waals surface area contributed by atoms with Gasteiger partial charge in [0.25, 0.3) is 0 Å². The Morgan fingerprint density at radius 1 is 1.14 bits per heavy atom. The molecule has 1 atom stereocenters. The first-order valence-corrected chi connectivity index (χ1v) is 9.26. The molecule has 154 valence electrons. The number of hydrogen-bond acceptors (Lipinski definition) is 6. The summed E-state index contributed by atoms with van der Waals surface area (Å²) in [6.07, 6.45) is 0.179.